The largest absolute Gasteiger partial charge is 1.00 e. The number of carbonyl (C=O) groups is 3. The smallest absolute Gasteiger partial charge is 0.550 e. The Labute approximate surface area is 108 Å². The van der Waals surface area contributed by atoms with Crippen LogP contribution in [0.1, 0.15) is 20.8 Å². The quantitative estimate of drug-likeness (QED) is 0.439. The van der Waals surface area contributed by atoms with Gasteiger partial charge in [0, 0.05) is 40.2 Å². The molecule has 0 aliphatic rings. The van der Waals surface area contributed by atoms with E-state index in [0.717, 1.165) is 20.8 Å². The molecule has 0 rings (SSSR count). The molecule has 8 heteroatoms. The zero-order valence-corrected chi connectivity index (χ0v) is 9.90. The predicted molar refractivity (Wildman–Crippen MR) is 37.3 cm³/mol. The van der Waals surface area contributed by atoms with Crippen molar-refractivity contribution in [1.29, 1.82) is 0 Å². The Morgan fingerprint density at radius 3 is 0.929 bits per heavy atom. The van der Waals surface area contributed by atoms with E-state index in [4.69, 9.17) is 29.7 Å². The average molecular weight is 293 g/mol. The number of hydrogen-bond donors (Lipinski definition) is 2. The molecule has 0 saturated carbocycles. The molecule has 0 heterocycles. The van der Waals surface area contributed by atoms with Gasteiger partial charge in [-0.25, -0.2) is 0 Å². The van der Waals surface area contributed by atoms with Crippen LogP contribution in [0.15, 0.2) is 0 Å². The van der Waals surface area contributed by atoms with Gasteiger partial charge in [-0.3, -0.25) is 9.59 Å². The maximum absolute atomic E-state index is 9.00. The van der Waals surface area contributed by atoms with Gasteiger partial charge in [0.25, 0.3) is 11.9 Å². The summed E-state index contributed by atoms with van der Waals surface area (Å²) in [5.41, 5.74) is 0. The van der Waals surface area contributed by atoms with Crippen molar-refractivity contribution in [1.82, 2.24) is 0 Å². The summed E-state index contributed by atoms with van der Waals surface area (Å²) >= 11 is 0. The number of carboxylic acid groups (broad SMARTS) is 3. The van der Waals surface area contributed by atoms with E-state index in [1.807, 2.05) is 0 Å². The van der Waals surface area contributed by atoms with Gasteiger partial charge in [0.1, 0.15) is 0 Å². The maximum atomic E-state index is 9.00. The Bertz CT molecular complexity index is 120. The number of rotatable bonds is 0. The molecule has 6 nitrogen and oxygen atoms in total. The molecule has 0 fully saturated rings. The molecular weight excluding hydrogens is 281 g/mol. The Morgan fingerprint density at radius 2 is 0.929 bits per heavy atom. The Hall–Kier alpha value is -0.330. The van der Waals surface area contributed by atoms with Crippen LogP contribution < -0.4 is 24.0 Å². The molecule has 0 radical (unpaired) electrons. The minimum Gasteiger partial charge on any atom is -0.550 e. The summed E-state index contributed by atoms with van der Waals surface area (Å²) in [7, 11) is 0. The van der Waals surface area contributed by atoms with Crippen LogP contribution in [0.2, 0.25) is 0 Å². The molecule has 14 heavy (non-hydrogen) atoms. The monoisotopic (exact) mass is 292 g/mol. The second kappa shape index (κ2) is 23.0. The molecule has 0 bridgehead atoms. The van der Waals surface area contributed by atoms with Gasteiger partial charge in [-0.2, -0.15) is 0 Å². The first kappa shape index (κ1) is 29.2. The molecule has 0 aliphatic carbocycles. The van der Waals surface area contributed by atoms with Crippen LogP contribution in [-0.4, -0.2) is 28.1 Å². The third kappa shape index (κ3) is 12200. The fraction of sp³-hybridized carbons (Fsp3) is 0.500. The van der Waals surface area contributed by atoms with Gasteiger partial charge in [-0.05, 0) is 6.92 Å². The van der Waals surface area contributed by atoms with E-state index in [9.17, 15) is 0 Å². The van der Waals surface area contributed by atoms with Gasteiger partial charge in [0.05, 0.1) is 0 Å². The molecule has 0 unspecified atom stereocenters. The van der Waals surface area contributed by atoms with Crippen molar-refractivity contribution in [3.05, 3.63) is 0 Å². The molecule has 0 aromatic carbocycles. The standard InChI is InChI=1S/3C2H4O2.Li.Pd/c3*1-2(3)4;;/h3*1H3,(H,3,4);;/q;;;+1;/p-1. The van der Waals surface area contributed by atoms with Crippen LogP contribution in [-0.2, 0) is 34.8 Å². The zero-order valence-electron chi connectivity index (χ0n) is 8.34. The van der Waals surface area contributed by atoms with Crippen molar-refractivity contribution < 1.29 is 69.0 Å². The Kier molecular flexibility index (Phi) is 47.9. The maximum Gasteiger partial charge on any atom is 1.00 e. The van der Waals surface area contributed by atoms with E-state index in [0.29, 0.717) is 0 Å². The molecule has 0 aliphatic heterocycles. The van der Waals surface area contributed by atoms with Crippen molar-refractivity contribution >= 4 is 17.9 Å². The molecule has 82 valence electrons. The van der Waals surface area contributed by atoms with Gasteiger partial charge < -0.3 is 20.1 Å². The van der Waals surface area contributed by atoms with Crippen LogP contribution in [0, 0.1) is 0 Å². The molecule has 0 atom stereocenters. The van der Waals surface area contributed by atoms with E-state index in [1.165, 1.54) is 0 Å². The molecule has 0 spiro atoms. The summed E-state index contributed by atoms with van der Waals surface area (Å²) < 4.78 is 0. The van der Waals surface area contributed by atoms with Crippen LogP contribution in [0.4, 0.5) is 0 Å². The normalized spacial score (nSPS) is 5.36. The van der Waals surface area contributed by atoms with Crippen molar-refractivity contribution in [3.63, 3.8) is 0 Å². The first-order valence-electron chi connectivity index (χ1n) is 2.76. The minimum atomic E-state index is -1.08. The topological polar surface area (TPSA) is 115 Å². The van der Waals surface area contributed by atoms with Crippen LogP contribution in [0.3, 0.4) is 0 Å². The summed E-state index contributed by atoms with van der Waals surface area (Å²) in [6.07, 6.45) is 0. The summed E-state index contributed by atoms with van der Waals surface area (Å²) in [5, 5.41) is 23.7. The van der Waals surface area contributed by atoms with Gasteiger partial charge in [-0.15, -0.1) is 0 Å². The van der Waals surface area contributed by atoms with Gasteiger partial charge in [-0.1, -0.05) is 0 Å². The summed E-state index contributed by atoms with van der Waals surface area (Å²) in [6, 6.07) is 0. The second-order valence-corrected chi connectivity index (χ2v) is 1.53. The number of carbonyl (C=O) groups excluding carboxylic acids is 1. The van der Waals surface area contributed by atoms with E-state index in [2.05, 4.69) is 0 Å². The van der Waals surface area contributed by atoms with E-state index in [-0.39, 0.29) is 39.3 Å². The van der Waals surface area contributed by atoms with Crippen LogP contribution in [0.5, 0.6) is 0 Å². The molecule has 0 amide bonds. The first-order valence-corrected chi connectivity index (χ1v) is 2.76. The third-order valence-corrected chi connectivity index (χ3v) is 0. The van der Waals surface area contributed by atoms with Crippen molar-refractivity contribution in [2.24, 2.45) is 0 Å². The molecule has 2 N–H and O–H groups in total. The van der Waals surface area contributed by atoms with Crippen molar-refractivity contribution in [2.45, 2.75) is 20.8 Å². The van der Waals surface area contributed by atoms with Gasteiger partial charge >= 0.3 is 18.9 Å². The second-order valence-electron chi connectivity index (χ2n) is 1.53. The number of carboxylic acids is 3. The van der Waals surface area contributed by atoms with Crippen LogP contribution in [0.25, 0.3) is 0 Å². The molecule has 0 saturated heterocycles. The van der Waals surface area contributed by atoms with E-state index >= 15 is 0 Å². The predicted octanol–water partition coefficient (Wildman–Crippen LogP) is -4.06. The van der Waals surface area contributed by atoms with Crippen molar-refractivity contribution in [2.75, 3.05) is 0 Å². The fourth-order valence-corrected chi connectivity index (χ4v) is 0. The van der Waals surface area contributed by atoms with Gasteiger partial charge in [0.2, 0.25) is 0 Å². The van der Waals surface area contributed by atoms with Crippen molar-refractivity contribution in [3.8, 4) is 0 Å². The molecule has 0 aromatic rings. The Morgan fingerprint density at radius 1 is 0.929 bits per heavy atom. The summed E-state index contributed by atoms with van der Waals surface area (Å²) in [4.78, 5) is 26.9. The summed E-state index contributed by atoms with van der Waals surface area (Å²) in [5.74, 6) is -2.75. The van der Waals surface area contributed by atoms with E-state index in [1.54, 1.807) is 0 Å². The average Bonchev–Trinajstić information content (AvgIpc) is 1.54. The number of hydrogen-bond acceptors (Lipinski definition) is 4. The SMILES string of the molecule is CC(=O)O.CC(=O)O.CC(=O)[O-].[Li+].[Pd]. The fourth-order valence-electron chi connectivity index (χ4n) is 0. The minimum absolute atomic E-state index is 0. The zero-order chi connectivity index (χ0) is 10.7. The van der Waals surface area contributed by atoms with E-state index < -0.39 is 17.9 Å². The van der Waals surface area contributed by atoms with Gasteiger partial charge in [0.15, 0.2) is 0 Å². The molecule has 0 aromatic heterocycles. The molecular formula is C6H11LiO6Pd. The first-order chi connectivity index (χ1) is 5.20. The Balaban J connectivity index is -0.0000000270. The number of aliphatic carboxylic acids is 3. The van der Waals surface area contributed by atoms with Crippen LogP contribution >= 0.6 is 0 Å². The summed E-state index contributed by atoms with van der Waals surface area (Å²) in [6.45, 7) is 3.14. The third-order valence-electron chi connectivity index (χ3n) is 0.